The van der Waals surface area contributed by atoms with Gasteiger partial charge in [-0.3, -0.25) is 4.79 Å². The molecule has 14 heavy (non-hydrogen) atoms. The molecule has 0 bridgehead atoms. The van der Waals surface area contributed by atoms with Gasteiger partial charge in [-0.2, -0.15) is 0 Å². The number of carbonyl (C=O) groups is 1. The first-order valence-electron chi connectivity index (χ1n) is 3.84. The van der Waals surface area contributed by atoms with Crippen LogP contribution in [0.5, 0.6) is 5.75 Å². The fourth-order valence-corrected chi connectivity index (χ4v) is 2.98. The lowest BCUT2D eigenvalue weighted by atomic mass is 10.2. The Bertz CT molecular complexity index is 363. The zero-order chi connectivity index (χ0) is 10.7. The van der Waals surface area contributed by atoms with Crippen LogP contribution in [0.3, 0.4) is 0 Å². The molecule has 0 heterocycles. The van der Waals surface area contributed by atoms with E-state index in [4.69, 9.17) is 4.74 Å². The smallest absolute Gasteiger partial charge is 0.308 e. The zero-order valence-corrected chi connectivity index (χ0v) is 11.8. The lowest BCUT2D eigenvalue weighted by Gasteiger charge is -2.07. The maximum atomic E-state index is 10.8. The van der Waals surface area contributed by atoms with Crippen LogP contribution in [-0.4, -0.2) is 5.97 Å². The van der Waals surface area contributed by atoms with Gasteiger partial charge in [-0.1, -0.05) is 12.7 Å². The SMILES string of the molecule is C=Cc1cc(I)c(OC(C)=O)c(I)c1. The molecule has 74 valence electrons. The maximum absolute atomic E-state index is 10.8. The zero-order valence-electron chi connectivity index (χ0n) is 7.51. The van der Waals surface area contributed by atoms with Crippen LogP contribution in [0.1, 0.15) is 12.5 Å². The Morgan fingerprint density at radius 3 is 2.29 bits per heavy atom. The van der Waals surface area contributed by atoms with Crippen molar-refractivity contribution in [2.75, 3.05) is 0 Å². The second kappa shape index (κ2) is 5.11. The van der Waals surface area contributed by atoms with Crippen molar-refractivity contribution in [1.82, 2.24) is 0 Å². The molecule has 0 unspecified atom stereocenters. The molecule has 1 rings (SSSR count). The maximum Gasteiger partial charge on any atom is 0.308 e. The van der Waals surface area contributed by atoms with Crippen LogP contribution in [-0.2, 0) is 4.79 Å². The molecular weight excluding hydrogens is 406 g/mol. The molecular formula is C10H8I2O2. The van der Waals surface area contributed by atoms with E-state index in [9.17, 15) is 4.79 Å². The monoisotopic (exact) mass is 414 g/mol. The third kappa shape index (κ3) is 2.94. The number of rotatable bonds is 2. The minimum absolute atomic E-state index is 0.299. The molecule has 1 aromatic rings. The molecule has 1 aromatic carbocycles. The van der Waals surface area contributed by atoms with E-state index in [1.54, 1.807) is 6.08 Å². The van der Waals surface area contributed by atoms with Crippen LogP contribution >= 0.6 is 45.2 Å². The predicted octanol–water partition coefficient (Wildman–Crippen LogP) is 3.46. The molecule has 0 aliphatic carbocycles. The van der Waals surface area contributed by atoms with Crippen LogP contribution in [0.15, 0.2) is 18.7 Å². The predicted molar refractivity (Wildman–Crippen MR) is 73.3 cm³/mol. The molecule has 0 aliphatic heterocycles. The van der Waals surface area contributed by atoms with E-state index in [1.807, 2.05) is 12.1 Å². The van der Waals surface area contributed by atoms with E-state index >= 15 is 0 Å². The quantitative estimate of drug-likeness (QED) is 0.421. The van der Waals surface area contributed by atoms with Gasteiger partial charge in [0.2, 0.25) is 0 Å². The molecule has 0 N–H and O–H groups in total. The third-order valence-electron chi connectivity index (χ3n) is 1.50. The number of esters is 1. The van der Waals surface area contributed by atoms with Crippen molar-refractivity contribution in [3.05, 3.63) is 31.4 Å². The lowest BCUT2D eigenvalue weighted by Crippen LogP contribution is -2.04. The summed E-state index contributed by atoms with van der Waals surface area (Å²) in [5, 5.41) is 0. The van der Waals surface area contributed by atoms with E-state index in [-0.39, 0.29) is 5.97 Å². The van der Waals surface area contributed by atoms with Gasteiger partial charge < -0.3 is 4.74 Å². The third-order valence-corrected chi connectivity index (χ3v) is 3.10. The summed E-state index contributed by atoms with van der Waals surface area (Å²) < 4.78 is 6.92. The Balaban J connectivity index is 3.17. The van der Waals surface area contributed by atoms with Gasteiger partial charge in [0.15, 0.2) is 5.75 Å². The number of ether oxygens (including phenoxy) is 1. The summed E-state index contributed by atoms with van der Waals surface area (Å²) >= 11 is 4.28. The van der Waals surface area contributed by atoms with E-state index < -0.39 is 0 Å². The van der Waals surface area contributed by atoms with Gasteiger partial charge in [0.25, 0.3) is 0 Å². The van der Waals surface area contributed by atoms with Gasteiger partial charge in [0, 0.05) is 6.92 Å². The Morgan fingerprint density at radius 1 is 1.43 bits per heavy atom. The highest BCUT2D eigenvalue weighted by Gasteiger charge is 2.09. The van der Waals surface area contributed by atoms with E-state index in [1.165, 1.54) is 6.92 Å². The Hall–Kier alpha value is -0.110. The van der Waals surface area contributed by atoms with Gasteiger partial charge in [-0.15, -0.1) is 0 Å². The highest BCUT2D eigenvalue weighted by Crippen LogP contribution is 2.29. The average Bonchev–Trinajstić information content (AvgIpc) is 2.10. The first-order chi connectivity index (χ1) is 6.54. The highest BCUT2D eigenvalue weighted by atomic mass is 127. The molecule has 0 atom stereocenters. The van der Waals surface area contributed by atoms with E-state index in [2.05, 4.69) is 51.8 Å². The largest absolute Gasteiger partial charge is 0.424 e. The van der Waals surface area contributed by atoms with Gasteiger partial charge in [-0.05, 0) is 62.9 Å². The Labute approximate surface area is 110 Å². The number of benzene rings is 1. The second-order valence-corrected chi connectivity index (χ2v) is 4.94. The first-order valence-corrected chi connectivity index (χ1v) is 6.00. The molecule has 4 heteroatoms. The summed E-state index contributed by atoms with van der Waals surface area (Å²) in [7, 11) is 0. The van der Waals surface area contributed by atoms with Crippen LogP contribution < -0.4 is 4.74 Å². The van der Waals surface area contributed by atoms with Crippen LogP contribution in [0.2, 0.25) is 0 Å². The fourth-order valence-electron chi connectivity index (χ4n) is 0.939. The standard InChI is InChI=1S/C10H8I2O2/c1-3-7-4-8(11)10(9(12)5-7)14-6(2)13/h3-5H,1H2,2H3. The summed E-state index contributed by atoms with van der Waals surface area (Å²) in [5.74, 6) is 0.330. The van der Waals surface area contributed by atoms with Gasteiger partial charge in [-0.25, -0.2) is 0 Å². The van der Waals surface area contributed by atoms with Crippen molar-refractivity contribution in [3.63, 3.8) is 0 Å². The Kier molecular flexibility index (Phi) is 4.36. The number of carbonyl (C=O) groups excluding carboxylic acids is 1. The summed E-state index contributed by atoms with van der Waals surface area (Å²) in [4.78, 5) is 10.8. The van der Waals surface area contributed by atoms with Gasteiger partial charge >= 0.3 is 5.97 Å². The summed E-state index contributed by atoms with van der Waals surface area (Å²) in [6.07, 6.45) is 1.77. The Morgan fingerprint density at radius 2 is 1.93 bits per heavy atom. The van der Waals surface area contributed by atoms with Gasteiger partial charge in [0.1, 0.15) is 0 Å². The molecule has 2 nitrogen and oxygen atoms in total. The summed E-state index contributed by atoms with van der Waals surface area (Å²) in [5.41, 5.74) is 1.02. The molecule has 0 aromatic heterocycles. The van der Waals surface area contributed by atoms with Crippen LogP contribution in [0.4, 0.5) is 0 Å². The molecule has 0 amide bonds. The molecule has 0 fully saturated rings. The van der Waals surface area contributed by atoms with Crippen molar-refractivity contribution >= 4 is 57.2 Å². The fraction of sp³-hybridized carbons (Fsp3) is 0.100. The summed E-state index contributed by atoms with van der Waals surface area (Å²) in [6, 6.07) is 3.85. The van der Waals surface area contributed by atoms with Gasteiger partial charge in [0.05, 0.1) is 7.14 Å². The van der Waals surface area contributed by atoms with Crippen molar-refractivity contribution in [1.29, 1.82) is 0 Å². The highest BCUT2D eigenvalue weighted by molar-refractivity contribution is 14.1. The number of halogens is 2. The second-order valence-electron chi connectivity index (χ2n) is 2.61. The van der Waals surface area contributed by atoms with Crippen LogP contribution in [0.25, 0.3) is 6.08 Å². The van der Waals surface area contributed by atoms with Crippen molar-refractivity contribution in [2.24, 2.45) is 0 Å². The van der Waals surface area contributed by atoms with E-state index in [0.29, 0.717) is 5.75 Å². The topological polar surface area (TPSA) is 26.3 Å². The normalized spacial score (nSPS) is 9.64. The lowest BCUT2D eigenvalue weighted by molar-refractivity contribution is -0.132. The minimum Gasteiger partial charge on any atom is -0.424 e. The van der Waals surface area contributed by atoms with Crippen LogP contribution in [0, 0.1) is 7.14 Å². The minimum atomic E-state index is -0.299. The summed E-state index contributed by atoms with van der Waals surface area (Å²) in [6.45, 7) is 5.09. The number of hydrogen-bond acceptors (Lipinski definition) is 2. The first kappa shape index (κ1) is 12.0. The van der Waals surface area contributed by atoms with Crippen molar-refractivity contribution in [3.8, 4) is 5.75 Å². The molecule has 0 saturated heterocycles. The van der Waals surface area contributed by atoms with Crippen molar-refractivity contribution in [2.45, 2.75) is 6.92 Å². The molecule has 0 aliphatic rings. The number of hydrogen-bond donors (Lipinski definition) is 0. The average molecular weight is 414 g/mol. The van der Waals surface area contributed by atoms with E-state index in [0.717, 1.165) is 12.7 Å². The molecule has 0 saturated carbocycles. The molecule has 0 radical (unpaired) electrons. The molecule has 0 spiro atoms. The van der Waals surface area contributed by atoms with Crippen molar-refractivity contribution < 1.29 is 9.53 Å².